The maximum absolute atomic E-state index is 12.4. The van der Waals surface area contributed by atoms with Crippen LogP contribution in [0.1, 0.15) is 25.0 Å². The van der Waals surface area contributed by atoms with Gasteiger partial charge >= 0.3 is 0 Å². The molecule has 1 aromatic heterocycles. The van der Waals surface area contributed by atoms with Crippen molar-refractivity contribution in [3.63, 3.8) is 0 Å². The third kappa shape index (κ3) is 3.15. The summed E-state index contributed by atoms with van der Waals surface area (Å²) in [5.74, 6) is 1.09. The molecule has 0 bridgehead atoms. The van der Waals surface area contributed by atoms with Crippen LogP contribution in [-0.2, 0) is 9.53 Å². The highest BCUT2D eigenvalue weighted by atomic mass is 16.5. The number of aryl methyl sites for hydroxylation is 1. The second kappa shape index (κ2) is 6.39. The van der Waals surface area contributed by atoms with Crippen LogP contribution in [0.3, 0.4) is 0 Å². The van der Waals surface area contributed by atoms with Crippen LogP contribution in [0.4, 0.5) is 5.82 Å². The molecule has 0 radical (unpaired) electrons. The fourth-order valence-electron chi connectivity index (χ4n) is 3.04. The van der Waals surface area contributed by atoms with Crippen molar-refractivity contribution in [2.24, 2.45) is 0 Å². The quantitative estimate of drug-likeness (QED) is 0.813. The summed E-state index contributed by atoms with van der Waals surface area (Å²) in [6, 6.07) is 0. The molecule has 3 heterocycles. The first-order chi connectivity index (χ1) is 10.3. The first-order valence-electron chi connectivity index (χ1n) is 7.68. The van der Waals surface area contributed by atoms with E-state index in [1.54, 1.807) is 12.4 Å². The molecular weight excluding hydrogens is 268 g/mol. The molecule has 21 heavy (non-hydrogen) atoms. The van der Waals surface area contributed by atoms with Crippen molar-refractivity contribution in [3.05, 3.63) is 18.1 Å². The highest BCUT2D eigenvalue weighted by Crippen LogP contribution is 2.19. The van der Waals surface area contributed by atoms with Gasteiger partial charge in [-0.15, -0.1) is 0 Å². The molecule has 0 N–H and O–H groups in total. The largest absolute Gasteiger partial charge is 0.368 e. The number of carbonyl (C=O) groups is 1. The summed E-state index contributed by atoms with van der Waals surface area (Å²) in [5, 5.41) is 0. The Balaban J connectivity index is 1.64. The van der Waals surface area contributed by atoms with Crippen molar-refractivity contribution < 1.29 is 9.53 Å². The third-order valence-electron chi connectivity index (χ3n) is 4.17. The minimum Gasteiger partial charge on any atom is -0.368 e. The molecule has 2 aliphatic heterocycles. The normalized spacial score (nSPS) is 23.2. The summed E-state index contributed by atoms with van der Waals surface area (Å²) < 4.78 is 5.51. The molecule has 0 spiro atoms. The standard InChI is InChI=1S/C15H22N4O2/c1-12-14(17-6-5-16-12)18-7-3-8-19(10-9-18)15(20)13-4-2-11-21-13/h5-6,13H,2-4,7-11H2,1H3/t13-/m0/s1. The van der Waals surface area contributed by atoms with Gasteiger partial charge in [-0.25, -0.2) is 4.98 Å². The Kier molecular flexibility index (Phi) is 4.34. The highest BCUT2D eigenvalue weighted by Gasteiger charge is 2.29. The Hall–Kier alpha value is -1.69. The van der Waals surface area contributed by atoms with Crippen molar-refractivity contribution in [2.45, 2.75) is 32.3 Å². The van der Waals surface area contributed by atoms with Gasteiger partial charge in [-0.1, -0.05) is 0 Å². The summed E-state index contributed by atoms with van der Waals surface area (Å²) in [6.45, 7) is 5.94. The second-order valence-corrected chi connectivity index (χ2v) is 5.63. The molecule has 6 heteroatoms. The Labute approximate surface area is 125 Å². The lowest BCUT2D eigenvalue weighted by Gasteiger charge is -2.25. The van der Waals surface area contributed by atoms with E-state index in [4.69, 9.17) is 4.74 Å². The van der Waals surface area contributed by atoms with E-state index in [2.05, 4.69) is 14.9 Å². The zero-order chi connectivity index (χ0) is 14.7. The molecule has 1 aromatic rings. The first-order valence-corrected chi connectivity index (χ1v) is 7.68. The predicted molar refractivity (Wildman–Crippen MR) is 79.2 cm³/mol. The molecule has 3 rings (SSSR count). The molecule has 2 aliphatic rings. The number of anilines is 1. The zero-order valence-corrected chi connectivity index (χ0v) is 12.5. The third-order valence-corrected chi connectivity index (χ3v) is 4.17. The number of nitrogens with zero attached hydrogens (tertiary/aromatic N) is 4. The number of amides is 1. The molecule has 0 aromatic carbocycles. The van der Waals surface area contributed by atoms with E-state index < -0.39 is 0 Å². The van der Waals surface area contributed by atoms with Gasteiger partial charge in [-0.05, 0) is 26.2 Å². The smallest absolute Gasteiger partial charge is 0.251 e. The SMILES string of the molecule is Cc1nccnc1N1CCCN(C(=O)[C@@H]2CCCO2)CC1. The highest BCUT2D eigenvalue weighted by molar-refractivity contribution is 5.81. The lowest BCUT2D eigenvalue weighted by molar-refractivity contribution is -0.140. The van der Waals surface area contributed by atoms with Crippen molar-refractivity contribution in [1.82, 2.24) is 14.9 Å². The van der Waals surface area contributed by atoms with Crippen molar-refractivity contribution >= 4 is 11.7 Å². The van der Waals surface area contributed by atoms with Crippen LogP contribution in [0.15, 0.2) is 12.4 Å². The van der Waals surface area contributed by atoms with Crippen molar-refractivity contribution in [3.8, 4) is 0 Å². The summed E-state index contributed by atoms with van der Waals surface area (Å²) >= 11 is 0. The number of ether oxygens (including phenoxy) is 1. The lowest BCUT2D eigenvalue weighted by atomic mass is 10.2. The summed E-state index contributed by atoms with van der Waals surface area (Å²) in [7, 11) is 0. The van der Waals surface area contributed by atoms with Gasteiger partial charge in [0.15, 0.2) is 0 Å². The fourth-order valence-corrected chi connectivity index (χ4v) is 3.04. The van der Waals surface area contributed by atoms with Gasteiger partial charge in [0.1, 0.15) is 11.9 Å². The molecule has 2 saturated heterocycles. The molecular formula is C15H22N4O2. The van der Waals surface area contributed by atoms with Crippen LogP contribution in [0.25, 0.3) is 0 Å². The zero-order valence-electron chi connectivity index (χ0n) is 12.5. The van der Waals surface area contributed by atoms with E-state index in [1.165, 1.54) is 0 Å². The predicted octanol–water partition coefficient (Wildman–Crippen LogP) is 1.00. The molecule has 2 fully saturated rings. The second-order valence-electron chi connectivity index (χ2n) is 5.63. The van der Waals surface area contributed by atoms with Gasteiger partial charge < -0.3 is 14.5 Å². The van der Waals surface area contributed by atoms with Crippen LogP contribution >= 0.6 is 0 Å². The number of hydrogen-bond acceptors (Lipinski definition) is 5. The van der Waals surface area contributed by atoms with E-state index >= 15 is 0 Å². The topological polar surface area (TPSA) is 58.6 Å². The Bertz CT molecular complexity index is 502. The number of hydrogen-bond donors (Lipinski definition) is 0. The molecule has 0 unspecified atom stereocenters. The van der Waals surface area contributed by atoms with E-state index in [1.807, 2.05) is 11.8 Å². The molecule has 0 saturated carbocycles. The Morgan fingerprint density at radius 2 is 2.05 bits per heavy atom. The van der Waals surface area contributed by atoms with Gasteiger partial charge in [0.2, 0.25) is 0 Å². The maximum atomic E-state index is 12.4. The summed E-state index contributed by atoms with van der Waals surface area (Å²) in [6.07, 6.45) is 6.04. The van der Waals surface area contributed by atoms with Crippen LogP contribution in [0.2, 0.25) is 0 Å². The summed E-state index contributed by atoms with van der Waals surface area (Å²) in [5.41, 5.74) is 0.941. The van der Waals surface area contributed by atoms with Gasteiger partial charge in [-0.3, -0.25) is 9.78 Å². The maximum Gasteiger partial charge on any atom is 0.251 e. The minimum atomic E-state index is -0.213. The number of aromatic nitrogens is 2. The monoisotopic (exact) mass is 290 g/mol. The van der Waals surface area contributed by atoms with Crippen LogP contribution in [0.5, 0.6) is 0 Å². The Morgan fingerprint density at radius 3 is 2.81 bits per heavy atom. The summed E-state index contributed by atoms with van der Waals surface area (Å²) in [4.78, 5) is 25.3. The van der Waals surface area contributed by atoms with E-state index in [-0.39, 0.29) is 12.0 Å². The fraction of sp³-hybridized carbons (Fsp3) is 0.667. The number of carbonyl (C=O) groups excluding carboxylic acids is 1. The van der Waals surface area contributed by atoms with E-state index in [0.717, 1.165) is 63.6 Å². The lowest BCUT2D eigenvalue weighted by Crippen LogP contribution is -2.41. The van der Waals surface area contributed by atoms with Gasteiger partial charge in [0.25, 0.3) is 5.91 Å². The Morgan fingerprint density at radius 1 is 1.19 bits per heavy atom. The molecule has 6 nitrogen and oxygen atoms in total. The molecule has 114 valence electrons. The molecule has 0 aliphatic carbocycles. The molecule has 1 amide bonds. The van der Waals surface area contributed by atoms with E-state index in [9.17, 15) is 4.79 Å². The van der Waals surface area contributed by atoms with Crippen LogP contribution in [0, 0.1) is 6.92 Å². The van der Waals surface area contributed by atoms with Gasteiger partial charge in [-0.2, -0.15) is 0 Å². The average molecular weight is 290 g/mol. The average Bonchev–Trinajstić information content (AvgIpc) is 2.92. The van der Waals surface area contributed by atoms with Gasteiger partial charge in [0, 0.05) is 45.2 Å². The van der Waals surface area contributed by atoms with Crippen LogP contribution in [-0.4, -0.2) is 59.7 Å². The first kappa shape index (κ1) is 14.3. The van der Waals surface area contributed by atoms with Crippen LogP contribution < -0.4 is 4.90 Å². The van der Waals surface area contributed by atoms with Crippen molar-refractivity contribution in [2.75, 3.05) is 37.7 Å². The minimum absolute atomic E-state index is 0.158. The van der Waals surface area contributed by atoms with Gasteiger partial charge in [0.05, 0.1) is 5.69 Å². The number of rotatable bonds is 2. The molecule has 1 atom stereocenters. The van der Waals surface area contributed by atoms with Crippen molar-refractivity contribution in [1.29, 1.82) is 0 Å². The van der Waals surface area contributed by atoms with E-state index in [0.29, 0.717) is 0 Å².